The van der Waals surface area contributed by atoms with E-state index in [4.69, 9.17) is 0 Å². The van der Waals surface area contributed by atoms with Crippen molar-refractivity contribution in [1.82, 2.24) is 10.2 Å². The third-order valence-corrected chi connectivity index (χ3v) is 5.85. The molecule has 0 aromatic heterocycles. The van der Waals surface area contributed by atoms with Crippen molar-refractivity contribution < 1.29 is 0 Å². The summed E-state index contributed by atoms with van der Waals surface area (Å²) >= 11 is 0. The van der Waals surface area contributed by atoms with E-state index >= 15 is 0 Å². The quantitative estimate of drug-likeness (QED) is 0.882. The number of nitrogens with one attached hydrogen (secondary N) is 1. The van der Waals surface area contributed by atoms with Crippen LogP contribution in [0.25, 0.3) is 0 Å². The first-order valence-corrected chi connectivity index (χ1v) is 9.44. The standard InChI is InChI=1S/C22H28N2/c1-3-8-19(9-4-1)18-24-16-12-21(13-17-24)23-22(14-7-15-22)20-10-5-2-6-11-20/h1-6,8-11,21,23H,7,12-18H2. The molecular formula is C22H28N2. The molecule has 126 valence electrons. The fourth-order valence-electron chi connectivity index (χ4n) is 4.27. The number of piperidine rings is 1. The van der Waals surface area contributed by atoms with Crippen LogP contribution in [0.5, 0.6) is 0 Å². The smallest absolute Gasteiger partial charge is 0.0436 e. The first-order chi connectivity index (χ1) is 11.8. The number of hydrogen-bond donors (Lipinski definition) is 1. The van der Waals surface area contributed by atoms with Crippen LogP contribution in [0, 0.1) is 0 Å². The van der Waals surface area contributed by atoms with E-state index in [2.05, 4.69) is 70.9 Å². The van der Waals surface area contributed by atoms with Gasteiger partial charge >= 0.3 is 0 Å². The highest BCUT2D eigenvalue weighted by Gasteiger charge is 2.40. The van der Waals surface area contributed by atoms with Crippen molar-refractivity contribution in [3.8, 4) is 0 Å². The molecule has 0 atom stereocenters. The largest absolute Gasteiger partial charge is 0.304 e. The second kappa shape index (κ2) is 7.08. The maximum atomic E-state index is 4.04. The molecule has 2 aromatic rings. The predicted octanol–water partition coefficient (Wildman–Crippen LogP) is 4.32. The van der Waals surface area contributed by atoms with Crippen LogP contribution in [-0.2, 0) is 12.1 Å². The summed E-state index contributed by atoms with van der Waals surface area (Å²) in [4.78, 5) is 2.60. The fraction of sp³-hybridized carbons (Fsp3) is 0.455. The molecule has 1 aliphatic heterocycles. The summed E-state index contributed by atoms with van der Waals surface area (Å²) in [6, 6.07) is 22.6. The highest BCUT2D eigenvalue weighted by Crippen LogP contribution is 2.42. The third kappa shape index (κ3) is 3.40. The first kappa shape index (κ1) is 15.9. The summed E-state index contributed by atoms with van der Waals surface area (Å²) < 4.78 is 0. The Hall–Kier alpha value is -1.64. The molecule has 1 saturated carbocycles. The summed E-state index contributed by atoms with van der Waals surface area (Å²) in [5.74, 6) is 0. The molecule has 2 aliphatic rings. The molecule has 0 amide bonds. The van der Waals surface area contributed by atoms with Crippen molar-refractivity contribution in [3.63, 3.8) is 0 Å². The van der Waals surface area contributed by atoms with E-state index in [-0.39, 0.29) is 5.54 Å². The third-order valence-electron chi connectivity index (χ3n) is 5.85. The second-order valence-corrected chi connectivity index (χ2v) is 7.48. The van der Waals surface area contributed by atoms with Gasteiger partial charge in [-0.15, -0.1) is 0 Å². The fourth-order valence-corrected chi connectivity index (χ4v) is 4.27. The molecule has 1 saturated heterocycles. The minimum absolute atomic E-state index is 0.257. The van der Waals surface area contributed by atoms with Gasteiger partial charge in [-0.1, -0.05) is 60.7 Å². The van der Waals surface area contributed by atoms with Gasteiger partial charge in [0.1, 0.15) is 0 Å². The van der Waals surface area contributed by atoms with E-state index in [1.807, 2.05) is 0 Å². The summed E-state index contributed by atoms with van der Waals surface area (Å²) in [7, 11) is 0. The molecule has 1 heterocycles. The van der Waals surface area contributed by atoms with Gasteiger partial charge < -0.3 is 5.32 Å². The Kier molecular flexibility index (Phi) is 4.68. The van der Waals surface area contributed by atoms with E-state index in [0.29, 0.717) is 6.04 Å². The van der Waals surface area contributed by atoms with Crippen LogP contribution in [-0.4, -0.2) is 24.0 Å². The van der Waals surface area contributed by atoms with Gasteiger partial charge in [0, 0.05) is 18.1 Å². The van der Waals surface area contributed by atoms with Crippen molar-refractivity contribution in [2.24, 2.45) is 0 Å². The molecule has 0 unspecified atom stereocenters. The number of likely N-dealkylation sites (tertiary alicyclic amines) is 1. The van der Waals surface area contributed by atoms with Crippen molar-refractivity contribution in [2.45, 2.75) is 50.2 Å². The Morgan fingerprint density at radius 1 is 0.875 bits per heavy atom. The summed E-state index contributed by atoms with van der Waals surface area (Å²) in [5.41, 5.74) is 3.18. The molecule has 2 heteroatoms. The minimum Gasteiger partial charge on any atom is -0.304 e. The number of nitrogens with zero attached hydrogens (tertiary/aromatic N) is 1. The van der Waals surface area contributed by atoms with Crippen LogP contribution < -0.4 is 5.32 Å². The Labute approximate surface area is 145 Å². The maximum Gasteiger partial charge on any atom is 0.0436 e. The van der Waals surface area contributed by atoms with Crippen molar-refractivity contribution in [1.29, 1.82) is 0 Å². The number of rotatable bonds is 5. The van der Waals surface area contributed by atoms with Gasteiger partial charge in [-0.05, 0) is 56.3 Å². The molecule has 2 nitrogen and oxygen atoms in total. The number of hydrogen-bond acceptors (Lipinski definition) is 2. The van der Waals surface area contributed by atoms with Crippen LogP contribution in [0.2, 0.25) is 0 Å². The van der Waals surface area contributed by atoms with Crippen LogP contribution in [0.1, 0.15) is 43.2 Å². The van der Waals surface area contributed by atoms with Crippen molar-refractivity contribution in [3.05, 3.63) is 71.8 Å². The second-order valence-electron chi connectivity index (χ2n) is 7.48. The first-order valence-electron chi connectivity index (χ1n) is 9.44. The highest BCUT2D eigenvalue weighted by molar-refractivity contribution is 5.27. The molecule has 1 N–H and O–H groups in total. The van der Waals surface area contributed by atoms with Gasteiger partial charge in [-0.25, -0.2) is 0 Å². The average molecular weight is 320 g/mol. The van der Waals surface area contributed by atoms with Crippen LogP contribution in [0.15, 0.2) is 60.7 Å². The topological polar surface area (TPSA) is 15.3 Å². The summed E-state index contributed by atoms with van der Waals surface area (Å²) in [5, 5.41) is 4.04. The molecule has 1 aliphatic carbocycles. The summed E-state index contributed by atoms with van der Waals surface area (Å²) in [6.45, 7) is 3.51. The van der Waals surface area contributed by atoms with Gasteiger partial charge in [0.25, 0.3) is 0 Å². The van der Waals surface area contributed by atoms with Gasteiger partial charge in [0.15, 0.2) is 0 Å². The van der Waals surface area contributed by atoms with Crippen LogP contribution in [0.4, 0.5) is 0 Å². The lowest BCUT2D eigenvalue weighted by Gasteiger charge is -2.47. The zero-order valence-corrected chi connectivity index (χ0v) is 14.5. The lowest BCUT2D eigenvalue weighted by Crippen LogP contribution is -2.55. The highest BCUT2D eigenvalue weighted by atomic mass is 15.1. The molecule has 0 spiro atoms. The van der Waals surface area contributed by atoms with E-state index in [9.17, 15) is 0 Å². The van der Waals surface area contributed by atoms with Crippen molar-refractivity contribution in [2.75, 3.05) is 13.1 Å². The van der Waals surface area contributed by atoms with Gasteiger partial charge in [-0.2, -0.15) is 0 Å². The van der Waals surface area contributed by atoms with Crippen LogP contribution >= 0.6 is 0 Å². The minimum atomic E-state index is 0.257. The van der Waals surface area contributed by atoms with E-state index in [1.54, 1.807) is 0 Å². The number of benzene rings is 2. The Morgan fingerprint density at radius 3 is 2.08 bits per heavy atom. The molecule has 0 bridgehead atoms. The zero-order valence-electron chi connectivity index (χ0n) is 14.5. The Bertz CT molecular complexity index is 626. The zero-order chi connectivity index (χ0) is 16.2. The normalized spacial score (nSPS) is 21.3. The molecule has 2 fully saturated rings. The summed E-state index contributed by atoms with van der Waals surface area (Å²) in [6.07, 6.45) is 6.47. The van der Waals surface area contributed by atoms with Gasteiger partial charge in [0.05, 0.1) is 0 Å². The van der Waals surface area contributed by atoms with Crippen molar-refractivity contribution >= 4 is 0 Å². The molecule has 4 rings (SSSR count). The lowest BCUT2D eigenvalue weighted by molar-refractivity contribution is 0.119. The maximum absolute atomic E-state index is 4.04. The van der Waals surface area contributed by atoms with Gasteiger partial charge in [0.2, 0.25) is 0 Å². The Morgan fingerprint density at radius 2 is 1.50 bits per heavy atom. The van der Waals surface area contributed by atoms with Gasteiger partial charge in [-0.3, -0.25) is 4.90 Å². The van der Waals surface area contributed by atoms with Crippen LogP contribution in [0.3, 0.4) is 0 Å². The molecular weight excluding hydrogens is 292 g/mol. The Balaban J connectivity index is 1.33. The lowest BCUT2D eigenvalue weighted by atomic mass is 9.71. The monoisotopic (exact) mass is 320 g/mol. The SMILES string of the molecule is c1ccc(CN2CCC(NC3(c4ccccc4)CCC3)CC2)cc1. The van der Waals surface area contributed by atoms with E-state index in [0.717, 1.165) is 6.54 Å². The predicted molar refractivity (Wildman–Crippen MR) is 99.8 cm³/mol. The van der Waals surface area contributed by atoms with E-state index < -0.39 is 0 Å². The van der Waals surface area contributed by atoms with E-state index in [1.165, 1.54) is 56.3 Å². The average Bonchev–Trinajstić information content (AvgIpc) is 2.61. The molecule has 0 radical (unpaired) electrons. The molecule has 2 aromatic carbocycles. The molecule has 24 heavy (non-hydrogen) atoms.